The number of carbonyl (C=O) groups is 2. The lowest BCUT2D eigenvalue weighted by Crippen LogP contribution is -2.51. The topological polar surface area (TPSA) is 52.6 Å². The molecule has 2 saturated heterocycles. The molecule has 1 saturated carbocycles. The molecule has 3 fully saturated rings. The number of rotatable bonds is 3. The highest BCUT2D eigenvalue weighted by Crippen LogP contribution is 2.64. The van der Waals surface area contributed by atoms with Crippen LogP contribution in [-0.2, 0) is 19.1 Å². The summed E-state index contributed by atoms with van der Waals surface area (Å²) in [5.74, 6) is 1.40. The van der Waals surface area contributed by atoms with Crippen LogP contribution >= 0.6 is 0 Å². The molecule has 2 heterocycles. The fourth-order valence-corrected chi connectivity index (χ4v) is 5.97. The highest BCUT2D eigenvalue weighted by molar-refractivity contribution is 5.92. The minimum atomic E-state index is -0.0774. The second-order valence-corrected chi connectivity index (χ2v) is 8.72. The maximum atomic E-state index is 12.2. The van der Waals surface area contributed by atoms with E-state index in [1.165, 1.54) is 0 Å². The molecule has 0 N–H and O–H groups in total. The molecule has 0 aromatic rings. The van der Waals surface area contributed by atoms with Gasteiger partial charge in [-0.05, 0) is 55.8 Å². The van der Waals surface area contributed by atoms with E-state index in [0.29, 0.717) is 37.4 Å². The summed E-state index contributed by atoms with van der Waals surface area (Å²) in [4.78, 5) is 23.6. The van der Waals surface area contributed by atoms with Gasteiger partial charge in [-0.15, -0.1) is 0 Å². The summed E-state index contributed by atoms with van der Waals surface area (Å²) in [7, 11) is 0. The van der Waals surface area contributed by atoms with Crippen LogP contribution in [0.3, 0.4) is 0 Å². The number of cyclic esters (lactones) is 2. The van der Waals surface area contributed by atoms with Crippen molar-refractivity contribution in [2.24, 2.45) is 28.6 Å². The number of ether oxygens (including phenoxy) is 2. The van der Waals surface area contributed by atoms with Crippen LogP contribution < -0.4 is 0 Å². The van der Waals surface area contributed by atoms with Crippen LogP contribution in [0.1, 0.15) is 58.8 Å². The molecule has 2 aliphatic heterocycles. The van der Waals surface area contributed by atoms with Crippen LogP contribution in [0.4, 0.5) is 0 Å². The largest absolute Gasteiger partial charge is 0.465 e. The summed E-state index contributed by atoms with van der Waals surface area (Å²) in [6.07, 6.45) is 9.26. The Morgan fingerprint density at radius 3 is 2.83 bits per heavy atom. The fourth-order valence-electron chi connectivity index (χ4n) is 5.97. The van der Waals surface area contributed by atoms with Crippen molar-refractivity contribution in [2.75, 3.05) is 13.2 Å². The van der Waals surface area contributed by atoms with E-state index in [1.54, 1.807) is 0 Å². The second kappa shape index (κ2) is 5.60. The standard InChI is InChI=1S/C20H28O4/c1-13-6-9-20-12-24-18(22)15(20)4-3-5-16(20)19(13,2)8-7-14-10-17(21)23-11-14/h4,13-14,16H,3,5-12H2,1-2H3/t13-,14?,16+,19+,20-/m1/s1. The minimum Gasteiger partial charge on any atom is -0.465 e. The van der Waals surface area contributed by atoms with E-state index in [4.69, 9.17) is 9.47 Å². The lowest BCUT2D eigenvalue weighted by atomic mass is 9.46. The molecule has 0 aromatic carbocycles. The first kappa shape index (κ1) is 16.2. The molecule has 0 bridgehead atoms. The van der Waals surface area contributed by atoms with E-state index in [1.807, 2.05) is 0 Å². The third-order valence-electron chi connectivity index (χ3n) is 7.66. The van der Waals surface area contributed by atoms with E-state index < -0.39 is 0 Å². The van der Waals surface area contributed by atoms with Crippen LogP contribution in [0.15, 0.2) is 11.6 Å². The van der Waals surface area contributed by atoms with E-state index >= 15 is 0 Å². The number of hydrogen-bond acceptors (Lipinski definition) is 4. The Morgan fingerprint density at radius 2 is 2.08 bits per heavy atom. The van der Waals surface area contributed by atoms with Gasteiger partial charge in [-0.2, -0.15) is 0 Å². The molecule has 0 radical (unpaired) electrons. The normalized spacial score (nSPS) is 44.4. The van der Waals surface area contributed by atoms with Crippen LogP contribution in [0.2, 0.25) is 0 Å². The second-order valence-electron chi connectivity index (χ2n) is 8.72. The van der Waals surface area contributed by atoms with E-state index in [-0.39, 0.29) is 22.8 Å². The van der Waals surface area contributed by atoms with Crippen LogP contribution in [0.25, 0.3) is 0 Å². The quantitative estimate of drug-likeness (QED) is 0.740. The molecule has 4 aliphatic rings. The van der Waals surface area contributed by atoms with Crippen molar-refractivity contribution in [3.63, 3.8) is 0 Å². The molecule has 0 aromatic heterocycles. The zero-order valence-electron chi connectivity index (χ0n) is 14.8. The number of carbonyl (C=O) groups excluding carboxylic acids is 2. The highest BCUT2D eigenvalue weighted by atomic mass is 16.5. The first-order valence-corrected chi connectivity index (χ1v) is 9.49. The average molecular weight is 332 g/mol. The highest BCUT2D eigenvalue weighted by Gasteiger charge is 2.60. The summed E-state index contributed by atoms with van der Waals surface area (Å²) in [5.41, 5.74) is 1.13. The Bertz CT molecular complexity index is 594. The summed E-state index contributed by atoms with van der Waals surface area (Å²) in [6, 6.07) is 0. The molecule has 4 heteroatoms. The van der Waals surface area contributed by atoms with Crippen molar-refractivity contribution in [2.45, 2.75) is 58.8 Å². The van der Waals surface area contributed by atoms with Gasteiger partial charge >= 0.3 is 11.9 Å². The first-order valence-electron chi connectivity index (χ1n) is 9.49. The third kappa shape index (κ3) is 2.25. The molecule has 24 heavy (non-hydrogen) atoms. The zero-order chi connectivity index (χ0) is 16.9. The van der Waals surface area contributed by atoms with Crippen molar-refractivity contribution in [3.8, 4) is 0 Å². The molecular weight excluding hydrogens is 304 g/mol. The van der Waals surface area contributed by atoms with Gasteiger partial charge in [0.1, 0.15) is 6.61 Å². The van der Waals surface area contributed by atoms with Gasteiger partial charge in [-0.3, -0.25) is 4.79 Å². The molecule has 0 amide bonds. The van der Waals surface area contributed by atoms with Crippen molar-refractivity contribution in [1.82, 2.24) is 0 Å². The summed E-state index contributed by atoms with van der Waals surface area (Å²) >= 11 is 0. The SMILES string of the molecule is C[C@@H]1CC[C@@]23COC(=O)C2=CCC[C@H]3[C@@]1(C)CCC1COC(=O)C1. The lowest BCUT2D eigenvalue weighted by Gasteiger charge is -2.56. The maximum absolute atomic E-state index is 12.2. The van der Waals surface area contributed by atoms with Gasteiger partial charge in [0.25, 0.3) is 0 Å². The molecule has 1 spiro atoms. The van der Waals surface area contributed by atoms with Crippen LogP contribution in [0.5, 0.6) is 0 Å². The molecule has 132 valence electrons. The number of hydrogen-bond donors (Lipinski definition) is 0. The summed E-state index contributed by atoms with van der Waals surface area (Å²) in [5, 5.41) is 0. The van der Waals surface area contributed by atoms with Crippen molar-refractivity contribution < 1.29 is 19.1 Å². The zero-order valence-corrected chi connectivity index (χ0v) is 14.8. The monoisotopic (exact) mass is 332 g/mol. The Balaban J connectivity index is 1.58. The molecule has 5 atom stereocenters. The lowest BCUT2D eigenvalue weighted by molar-refractivity contribution is -0.138. The Morgan fingerprint density at radius 1 is 1.25 bits per heavy atom. The Hall–Kier alpha value is -1.32. The van der Waals surface area contributed by atoms with Crippen molar-refractivity contribution in [1.29, 1.82) is 0 Å². The maximum Gasteiger partial charge on any atom is 0.334 e. The summed E-state index contributed by atoms with van der Waals surface area (Å²) < 4.78 is 10.6. The minimum absolute atomic E-state index is 0.0431. The van der Waals surface area contributed by atoms with Gasteiger partial charge in [0, 0.05) is 16.9 Å². The smallest absolute Gasteiger partial charge is 0.334 e. The van der Waals surface area contributed by atoms with Gasteiger partial charge in [-0.25, -0.2) is 4.79 Å². The first-order chi connectivity index (χ1) is 11.5. The van der Waals surface area contributed by atoms with Gasteiger partial charge in [0.15, 0.2) is 0 Å². The van der Waals surface area contributed by atoms with Crippen LogP contribution in [0, 0.1) is 28.6 Å². The predicted molar refractivity (Wildman–Crippen MR) is 89.0 cm³/mol. The van der Waals surface area contributed by atoms with E-state index in [9.17, 15) is 9.59 Å². The predicted octanol–water partition coefficient (Wildman–Crippen LogP) is 3.65. The van der Waals surface area contributed by atoms with Crippen LogP contribution in [-0.4, -0.2) is 25.2 Å². The van der Waals surface area contributed by atoms with E-state index in [0.717, 1.165) is 44.1 Å². The average Bonchev–Trinajstić information content (AvgIpc) is 3.13. The van der Waals surface area contributed by atoms with E-state index in [2.05, 4.69) is 19.9 Å². The molecular formula is C20H28O4. The number of esters is 2. The molecule has 2 aliphatic carbocycles. The van der Waals surface area contributed by atoms with Crippen molar-refractivity contribution >= 4 is 11.9 Å². The molecule has 1 unspecified atom stereocenters. The van der Waals surface area contributed by atoms with Gasteiger partial charge < -0.3 is 9.47 Å². The van der Waals surface area contributed by atoms with Gasteiger partial charge in [-0.1, -0.05) is 19.9 Å². The molecule has 4 rings (SSSR count). The Labute approximate surface area is 144 Å². The van der Waals surface area contributed by atoms with Gasteiger partial charge in [0.2, 0.25) is 0 Å². The Kier molecular flexibility index (Phi) is 3.77. The van der Waals surface area contributed by atoms with Gasteiger partial charge in [0.05, 0.1) is 13.0 Å². The summed E-state index contributed by atoms with van der Waals surface area (Å²) in [6.45, 7) is 5.97. The fraction of sp³-hybridized carbons (Fsp3) is 0.800. The van der Waals surface area contributed by atoms with Crippen molar-refractivity contribution in [3.05, 3.63) is 11.6 Å². The molecule has 4 nitrogen and oxygen atoms in total. The third-order valence-corrected chi connectivity index (χ3v) is 7.66. The number of allylic oxidation sites excluding steroid dienone is 1.